The lowest BCUT2D eigenvalue weighted by atomic mass is 9.88. The zero-order valence-corrected chi connectivity index (χ0v) is 23.7. The minimum atomic E-state index is -0.560. The van der Waals surface area contributed by atoms with Gasteiger partial charge in [-0.1, -0.05) is 66.7 Å². The van der Waals surface area contributed by atoms with Crippen molar-refractivity contribution in [2.75, 3.05) is 6.61 Å². The first kappa shape index (κ1) is 28.1. The SMILES string of the molecule is CCOC(=O)/C=c1\s/c(=C/c2ccc(OCc3ccccc3)cc2)c(=O)n1CC(=O)NC1CCCc2ccccc21. The summed E-state index contributed by atoms with van der Waals surface area (Å²) in [6.07, 6.45) is 5.84. The third-order valence-electron chi connectivity index (χ3n) is 6.90. The number of carbonyl (C=O) groups is 2. The van der Waals surface area contributed by atoms with Crippen molar-refractivity contribution in [3.05, 3.63) is 121 Å². The molecule has 1 amide bonds. The lowest BCUT2D eigenvalue weighted by Crippen LogP contribution is -2.40. The van der Waals surface area contributed by atoms with Gasteiger partial charge in [0.05, 0.1) is 23.3 Å². The van der Waals surface area contributed by atoms with Gasteiger partial charge in [0.15, 0.2) is 0 Å². The number of carbonyl (C=O) groups excluding carboxylic acids is 2. The third-order valence-corrected chi connectivity index (χ3v) is 7.96. The van der Waals surface area contributed by atoms with Crippen molar-refractivity contribution in [3.63, 3.8) is 0 Å². The number of aromatic nitrogens is 1. The highest BCUT2D eigenvalue weighted by Gasteiger charge is 2.22. The number of nitrogens with zero attached hydrogens (tertiary/aromatic N) is 1. The maximum Gasteiger partial charge on any atom is 0.333 e. The molecule has 1 atom stereocenters. The molecule has 8 heteroatoms. The maximum atomic E-state index is 13.5. The Kier molecular flexibility index (Phi) is 9.11. The van der Waals surface area contributed by atoms with E-state index >= 15 is 0 Å². The van der Waals surface area contributed by atoms with Crippen molar-refractivity contribution in [2.45, 2.75) is 45.4 Å². The quantitative estimate of drug-likeness (QED) is 0.310. The van der Waals surface area contributed by atoms with Crippen LogP contribution in [0.3, 0.4) is 0 Å². The van der Waals surface area contributed by atoms with E-state index in [9.17, 15) is 14.4 Å². The lowest BCUT2D eigenvalue weighted by Gasteiger charge is -2.26. The van der Waals surface area contributed by atoms with Crippen LogP contribution in [0.5, 0.6) is 5.75 Å². The predicted octanol–water partition coefficient (Wildman–Crippen LogP) is 3.86. The molecule has 3 aromatic carbocycles. The smallest absolute Gasteiger partial charge is 0.333 e. The van der Waals surface area contributed by atoms with E-state index in [1.54, 1.807) is 13.0 Å². The Labute approximate surface area is 242 Å². The number of hydrogen-bond donors (Lipinski definition) is 1. The van der Waals surface area contributed by atoms with Gasteiger partial charge < -0.3 is 14.8 Å². The second-order valence-corrected chi connectivity index (χ2v) is 10.9. The summed E-state index contributed by atoms with van der Waals surface area (Å²) in [5, 5.41) is 3.10. The van der Waals surface area contributed by atoms with E-state index in [1.807, 2.05) is 72.8 Å². The number of rotatable bonds is 9. The standard InChI is InChI=1S/C33H32N2O5S/c1-2-39-32(37)20-31-35(21-30(36)34-28-14-8-12-25-11-6-7-13-27(25)28)33(38)29(41-31)19-23-15-17-26(18-16-23)40-22-24-9-4-3-5-10-24/h3-7,9-11,13,15-20,28H,2,8,12,14,21-22H2,1H3,(H,34,36)/b29-19+,31-20-. The highest BCUT2D eigenvalue weighted by molar-refractivity contribution is 7.07. The van der Waals surface area contributed by atoms with E-state index < -0.39 is 5.97 Å². The zero-order valence-electron chi connectivity index (χ0n) is 22.9. The monoisotopic (exact) mass is 568 g/mol. The molecule has 4 aromatic rings. The Morgan fingerprint density at radius 2 is 1.78 bits per heavy atom. The van der Waals surface area contributed by atoms with Gasteiger partial charge in [-0.15, -0.1) is 11.3 Å². The van der Waals surface area contributed by atoms with Gasteiger partial charge in [0.1, 0.15) is 23.6 Å². The minimum absolute atomic E-state index is 0.104. The van der Waals surface area contributed by atoms with Crippen molar-refractivity contribution in [1.82, 2.24) is 9.88 Å². The molecular formula is C33H32N2O5S. The van der Waals surface area contributed by atoms with Crippen LogP contribution in [0.1, 0.15) is 48.1 Å². The summed E-state index contributed by atoms with van der Waals surface area (Å²) in [4.78, 5) is 38.9. The lowest BCUT2D eigenvalue weighted by molar-refractivity contribution is -0.135. The molecule has 0 aliphatic heterocycles. The third kappa shape index (κ3) is 7.21. The fraction of sp³-hybridized carbons (Fsp3) is 0.242. The Hall–Kier alpha value is -4.43. The number of ether oxygens (including phenoxy) is 2. The van der Waals surface area contributed by atoms with Gasteiger partial charge in [-0.05, 0) is 66.6 Å². The van der Waals surface area contributed by atoms with E-state index in [-0.39, 0.29) is 30.7 Å². The molecule has 0 spiro atoms. The molecule has 1 aromatic heterocycles. The number of nitrogens with one attached hydrogen (secondary N) is 1. The molecule has 0 saturated heterocycles. The zero-order chi connectivity index (χ0) is 28.6. The van der Waals surface area contributed by atoms with Gasteiger partial charge in [0.25, 0.3) is 5.56 Å². The van der Waals surface area contributed by atoms with Crippen LogP contribution in [0.25, 0.3) is 12.2 Å². The fourth-order valence-corrected chi connectivity index (χ4v) is 5.95. The number of hydrogen-bond acceptors (Lipinski definition) is 6. The molecule has 41 heavy (non-hydrogen) atoms. The summed E-state index contributed by atoms with van der Waals surface area (Å²) in [5.41, 5.74) is 3.89. The Morgan fingerprint density at radius 3 is 2.56 bits per heavy atom. The number of thiazole rings is 1. The van der Waals surface area contributed by atoms with Crippen LogP contribution in [0.15, 0.2) is 83.7 Å². The van der Waals surface area contributed by atoms with Gasteiger partial charge in [-0.25, -0.2) is 4.79 Å². The molecule has 0 saturated carbocycles. The number of amides is 1. The summed E-state index contributed by atoms with van der Waals surface area (Å²) in [7, 11) is 0. The molecule has 0 fully saturated rings. The van der Waals surface area contributed by atoms with Gasteiger partial charge in [0.2, 0.25) is 5.91 Å². The maximum absolute atomic E-state index is 13.5. The van der Waals surface area contributed by atoms with Gasteiger partial charge >= 0.3 is 5.97 Å². The molecule has 0 bridgehead atoms. The molecular weight excluding hydrogens is 536 g/mol. The molecule has 1 N–H and O–H groups in total. The first-order valence-corrected chi connectivity index (χ1v) is 14.6. The molecule has 7 nitrogen and oxygen atoms in total. The highest BCUT2D eigenvalue weighted by Crippen LogP contribution is 2.29. The summed E-state index contributed by atoms with van der Waals surface area (Å²) in [6.45, 7) is 2.19. The van der Waals surface area contributed by atoms with Crippen LogP contribution in [0, 0.1) is 0 Å². The van der Waals surface area contributed by atoms with E-state index in [0.29, 0.717) is 21.6 Å². The Bertz CT molecular complexity index is 1690. The first-order valence-electron chi connectivity index (χ1n) is 13.7. The second-order valence-electron chi connectivity index (χ2n) is 9.79. The summed E-state index contributed by atoms with van der Waals surface area (Å²) in [5.74, 6) is -0.126. The Morgan fingerprint density at radius 1 is 1.02 bits per heavy atom. The van der Waals surface area contributed by atoms with Crippen LogP contribution >= 0.6 is 11.3 Å². The van der Waals surface area contributed by atoms with E-state index in [1.165, 1.54) is 16.2 Å². The van der Waals surface area contributed by atoms with Crippen LogP contribution in [-0.2, 0) is 33.9 Å². The first-order chi connectivity index (χ1) is 20.0. The average molecular weight is 569 g/mol. The number of benzene rings is 3. The number of aryl methyl sites for hydroxylation is 1. The van der Waals surface area contributed by atoms with Crippen molar-refractivity contribution in [2.24, 2.45) is 0 Å². The highest BCUT2D eigenvalue weighted by atomic mass is 32.1. The topological polar surface area (TPSA) is 86.6 Å². The van der Waals surface area contributed by atoms with Crippen molar-refractivity contribution in [3.8, 4) is 5.75 Å². The van der Waals surface area contributed by atoms with Crippen LogP contribution in [0.4, 0.5) is 0 Å². The van der Waals surface area contributed by atoms with E-state index in [2.05, 4.69) is 11.4 Å². The minimum Gasteiger partial charge on any atom is -0.489 e. The molecule has 0 radical (unpaired) electrons. The van der Waals surface area contributed by atoms with Crippen molar-refractivity contribution >= 4 is 35.4 Å². The number of fused-ring (bicyclic) bond motifs is 1. The predicted molar refractivity (Wildman–Crippen MR) is 160 cm³/mol. The summed E-state index contributed by atoms with van der Waals surface area (Å²) < 4.78 is 13.1. The summed E-state index contributed by atoms with van der Waals surface area (Å²) in [6, 6.07) is 25.4. The van der Waals surface area contributed by atoms with Gasteiger partial charge in [0, 0.05) is 0 Å². The van der Waals surface area contributed by atoms with Crippen molar-refractivity contribution in [1.29, 1.82) is 0 Å². The fourth-order valence-electron chi connectivity index (χ4n) is 4.92. The number of esters is 1. The van der Waals surface area contributed by atoms with Crippen LogP contribution < -0.4 is 24.8 Å². The molecule has 1 heterocycles. The molecule has 1 aliphatic carbocycles. The summed E-state index contributed by atoms with van der Waals surface area (Å²) >= 11 is 1.15. The second kappa shape index (κ2) is 13.3. The normalized spacial score (nSPS) is 15.3. The largest absolute Gasteiger partial charge is 0.489 e. The molecule has 1 unspecified atom stereocenters. The van der Waals surface area contributed by atoms with Gasteiger partial charge in [-0.3, -0.25) is 14.2 Å². The molecule has 1 aliphatic rings. The Balaban J connectivity index is 1.37. The van der Waals surface area contributed by atoms with Gasteiger partial charge in [-0.2, -0.15) is 0 Å². The average Bonchev–Trinajstić information content (AvgIpc) is 3.26. The molecule has 5 rings (SSSR count). The van der Waals surface area contributed by atoms with Crippen LogP contribution in [-0.4, -0.2) is 23.1 Å². The molecule has 210 valence electrons. The van der Waals surface area contributed by atoms with E-state index in [4.69, 9.17) is 9.47 Å². The van der Waals surface area contributed by atoms with Crippen molar-refractivity contribution < 1.29 is 19.1 Å². The van der Waals surface area contributed by atoms with E-state index in [0.717, 1.165) is 47.3 Å². The van der Waals surface area contributed by atoms with Crippen LogP contribution in [0.2, 0.25) is 0 Å².